The summed E-state index contributed by atoms with van der Waals surface area (Å²) in [5, 5.41) is 4.46. The Kier molecular flexibility index (Phi) is 6.08. The molecule has 21 heavy (non-hydrogen) atoms. The molecular weight excluding hydrogens is 280 g/mol. The Balaban J connectivity index is 2.01. The van der Waals surface area contributed by atoms with Crippen LogP contribution in [0.3, 0.4) is 0 Å². The van der Waals surface area contributed by atoms with E-state index in [1.165, 1.54) is 5.56 Å². The van der Waals surface area contributed by atoms with E-state index in [0.717, 1.165) is 28.6 Å². The highest BCUT2D eigenvalue weighted by Gasteiger charge is 2.06. The Bertz CT molecular complexity index is 557. The predicted molar refractivity (Wildman–Crippen MR) is 88.1 cm³/mol. The molecule has 0 aliphatic heterocycles. The van der Waals surface area contributed by atoms with Gasteiger partial charge in [-0.15, -0.1) is 0 Å². The molecule has 1 aromatic carbocycles. The van der Waals surface area contributed by atoms with Gasteiger partial charge in [0.1, 0.15) is 10.8 Å². The minimum atomic E-state index is 0.341. The summed E-state index contributed by atoms with van der Waals surface area (Å²) in [7, 11) is 1.68. The van der Waals surface area contributed by atoms with E-state index in [1.807, 2.05) is 24.4 Å². The second kappa shape index (κ2) is 8.05. The van der Waals surface area contributed by atoms with Gasteiger partial charge in [0, 0.05) is 17.1 Å². The molecule has 2 aromatic rings. The maximum Gasteiger partial charge on any atom is 0.119 e. The van der Waals surface area contributed by atoms with Crippen LogP contribution in [0.25, 0.3) is 0 Å². The maximum absolute atomic E-state index is 5.24. The van der Waals surface area contributed by atoms with E-state index in [1.54, 1.807) is 18.9 Å². The summed E-state index contributed by atoms with van der Waals surface area (Å²) in [6, 6.07) is 12.6. The number of pyridine rings is 1. The number of benzene rings is 1. The number of rotatable bonds is 7. The van der Waals surface area contributed by atoms with Crippen LogP contribution in [0.5, 0.6) is 5.75 Å². The predicted octanol–water partition coefficient (Wildman–Crippen LogP) is 4.30. The summed E-state index contributed by atoms with van der Waals surface area (Å²) in [5.41, 5.74) is 1.22. The quantitative estimate of drug-likeness (QED) is 0.827. The summed E-state index contributed by atoms with van der Waals surface area (Å²) in [4.78, 5) is 5.67. The molecule has 112 valence electrons. The molecule has 0 radical (unpaired) electrons. The highest BCUT2D eigenvalue weighted by molar-refractivity contribution is 7.99. The summed E-state index contributed by atoms with van der Waals surface area (Å²) >= 11 is 1.64. The van der Waals surface area contributed by atoms with Crippen molar-refractivity contribution in [1.82, 2.24) is 10.3 Å². The number of nitrogens with one attached hydrogen (secondary N) is 1. The van der Waals surface area contributed by atoms with Gasteiger partial charge in [-0.2, -0.15) is 0 Å². The van der Waals surface area contributed by atoms with Crippen molar-refractivity contribution in [3.8, 4) is 5.75 Å². The first-order valence-corrected chi connectivity index (χ1v) is 8.06. The van der Waals surface area contributed by atoms with E-state index in [9.17, 15) is 0 Å². The van der Waals surface area contributed by atoms with Gasteiger partial charge in [0.2, 0.25) is 0 Å². The van der Waals surface area contributed by atoms with Gasteiger partial charge in [-0.3, -0.25) is 0 Å². The molecule has 1 unspecified atom stereocenters. The Labute approximate surface area is 131 Å². The van der Waals surface area contributed by atoms with Crippen LogP contribution in [0.1, 0.15) is 31.9 Å². The van der Waals surface area contributed by atoms with E-state index in [0.29, 0.717) is 6.04 Å². The first-order chi connectivity index (χ1) is 10.2. The molecule has 3 nitrogen and oxygen atoms in total. The molecule has 0 aliphatic rings. The summed E-state index contributed by atoms with van der Waals surface area (Å²) < 4.78 is 5.24. The molecule has 0 fully saturated rings. The Morgan fingerprint density at radius 2 is 2.14 bits per heavy atom. The first kappa shape index (κ1) is 15.9. The smallest absolute Gasteiger partial charge is 0.119 e. The van der Waals surface area contributed by atoms with Crippen LogP contribution in [-0.2, 0) is 0 Å². The fourth-order valence-electron chi connectivity index (χ4n) is 1.97. The minimum Gasteiger partial charge on any atom is -0.497 e. The van der Waals surface area contributed by atoms with Crippen LogP contribution in [0.4, 0.5) is 0 Å². The zero-order valence-corrected chi connectivity index (χ0v) is 13.6. The molecule has 0 bridgehead atoms. The van der Waals surface area contributed by atoms with E-state index >= 15 is 0 Å². The van der Waals surface area contributed by atoms with E-state index in [2.05, 4.69) is 42.3 Å². The third-order valence-electron chi connectivity index (χ3n) is 3.22. The molecule has 0 spiro atoms. The zero-order valence-electron chi connectivity index (χ0n) is 12.8. The van der Waals surface area contributed by atoms with Crippen LogP contribution in [-0.4, -0.2) is 18.6 Å². The van der Waals surface area contributed by atoms with E-state index < -0.39 is 0 Å². The standard InChI is InChI=1S/C17H22N2OS/c1-4-10-18-13(2)14-8-9-17(19-12-14)21-16-7-5-6-15(11-16)20-3/h5-9,11-13,18H,4,10H2,1-3H3. The maximum atomic E-state index is 5.24. The van der Waals surface area contributed by atoms with Crippen molar-refractivity contribution in [1.29, 1.82) is 0 Å². The molecule has 1 heterocycles. The largest absolute Gasteiger partial charge is 0.497 e. The fraction of sp³-hybridized carbons (Fsp3) is 0.353. The van der Waals surface area contributed by atoms with Gasteiger partial charge in [0.05, 0.1) is 7.11 Å². The second-order valence-corrected chi connectivity index (χ2v) is 5.98. The molecule has 0 amide bonds. The van der Waals surface area contributed by atoms with Gasteiger partial charge >= 0.3 is 0 Å². The average Bonchev–Trinajstić information content (AvgIpc) is 2.53. The molecule has 0 saturated carbocycles. The lowest BCUT2D eigenvalue weighted by atomic mass is 10.1. The molecule has 0 saturated heterocycles. The Hall–Kier alpha value is -1.52. The van der Waals surface area contributed by atoms with Gasteiger partial charge in [-0.1, -0.05) is 30.8 Å². The van der Waals surface area contributed by atoms with E-state index in [-0.39, 0.29) is 0 Å². The van der Waals surface area contributed by atoms with Gasteiger partial charge < -0.3 is 10.1 Å². The van der Waals surface area contributed by atoms with Gasteiger partial charge in [0.15, 0.2) is 0 Å². The molecule has 2 rings (SSSR count). The monoisotopic (exact) mass is 302 g/mol. The lowest BCUT2D eigenvalue weighted by Gasteiger charge is -2.13. The normalized spacial score (nSPS) is 12.1. The molecule has 1 N–H and O–H groups in total. The van der Waals surface area contributed by atoms with Crippen LogP contribution in [0.15, 0.2) is 52.5 Å². The van der Waals surface area contributed by atoms with Crippen molar-refractivity contribution < 1.29 is 4.74 Å². The van der Waals surface area contributed by atoms with Gasteiger partial charge in [-0.05, 0) is 49.7 Å². The van der Waals surface area contributed by atoms with Crippen molar-refractivity contribution in [3.63, 3.8) is 0 Å². The number of ether oxygens (including phenoxy) is 1. The van der Waals surface area contributed by atoms with Crippen LogP contribution in [0, 0.1) is 0 Å². The highest BCUT2D eigenvalue weighted by Crippen LogP contribution is 2.29. The molecular formula is C17H22N2OS. The molecule has 4 heteroatoms. The number of methoxy groups -OCH3 is 1. The SMILES string of the molecule is CCCNC(C)c1ccc(Sc2cccc(OC)c2)nc1. The summed E-state index contributed by atoms with van der Waals surface area (Å²) in [6.07, 6.45) is 3.09. The lowest BCUT2D eigenvalue weighted by molar-refractivity contribution is 0.413. The summed E-state index contributed by atoms with van der Waals surface area (Å²) in [6.45, 7) is 5.37. The van der Waals surface area contributed by atoms with Crippen molar-refractivity contribution >= 4 is 11.8 Å². The fourth-order valence-corrected chi connectivity index (χ4v) is 2.78. The van der Waals surface area contributed by atoms with Crippen molar-refractivity contribution in [2.24, 2.45) is 0 Å². The average molecular weight is 302 g/mol. The van der Waals surface area contributed by atoms with Crippen molar-refractivity contribution in [2.75, 3.05) is 13.7 Å². The lowest BCUT2D eigenvalue weighted by Crippen LogP contribution is -2.19. The van der Waals surface area contributed by atoms with Crippen LogP contribution in [0.2, 0.25) is 0 Å². The Morgan fingerprint density at radius 3 is 2.81 bits per heavy atom. The van der Waals surface area contributed by atoms with Crippen molar-refractivity contribution in [2.45, 2.75) is 36.2 Å². The number of nitrogens with zero attached hydrogens (tertiary/aromatic N) is 1. The molecule has 1 atom stereocenters. The third kappa shape index (κ3) is 4.76. The number of hydrogen-bond acceptors (Lipinski definition) is 4. The topological polar surface area (TPSA) is 34.1 Å². The van der Waals surface area contributed by atoms with E-state index in [4.69, 9.17) is 4.74 Å². The molecule has 0 aliphatic carbocycles. The van der Waals surface area contributed by atoms with Crippen LogP contribution >= 0.6 is 11.8 Å². The number of hydrogen-bond donors (Lipinski definition) is 1. The zero-order chi connectivity index (χ0) is 15.1. The minimum absolute atomic E-state index is 0.341. The van der Waals surface area contributed by atoms with Gasteiger partial charge in [-0.25, -0.2) is 4.98 Å². The third-order valence-corrected chi connectivity index (χ3v) is 4.16. The first-order valence-electron chi connectivity index (χ1n) is 7.24. The Morgan fingerprint density at radius 1 is 1.29 bits per heavy atom. The second-order valence-electron chi connectivity index (χ2n) is 4.89. The van der Waals surface area contributed by atoms with Crippen LogP contribution < -0.4 is 10.1 Å². The summed E-state index contributed by atoms with van der Waals surface area (Å²) in [5.74, 6) is 0.869. The highest BCUT2D eigenvalue weighted by atomic mass is 32.2. The number of aromatic nitrogens is 1. The van der Waals surface area contributed by atoms with Gasteiger partial charge in [0.25, 0.3) is 0 Å². The van der Waals surface area contributed by atoms with Crippen molar-refractivity contribution in [3.05, 3.63) is 48.2 Å². The molecule has 1 aromatic heterocycles.